The van der Waals surface area contributed by atoms with Crippen molar-refractivity contribution in [3.63, 3.8) is 0 Å². The van der Waals surface area contributed by atoms with Crippen molar-refractivity contribution < 1.29 is 4.79 Å². The van der Waals surface area contributed by atoms with E-state index >= 15 is 0 Å². The number of rotatable bonds is 3. The fourth-order valence-corrected chi connectivity index (χ4v) is 1.79. The van der Waals surface area contributed by atoms with Gasteiger partial charge >= 0.3 is 0 Å². The van der Waals surface area contributed by atoms with Gasteiger partial charge in [0, 0.05) is 11.8 Å². The van der Waals surface area contributed by atoms with Gasteiger partial charge in [0.2, 0.25) is 5.78 Å². The Kier molecular flexibility index (Phi) is 3.78. The van der Waals surface area contributed by atoms with Gasteiger partial charge in [0.15, 0.2) is 0 Å². The van der Waals surface area contributed by atoms with Crippen LogP contribution in [-0.4, -0.2) is 10.8 Å². The SMILES string of the molecule is CC(C)c1ccc(C(=O)c2ccc(Cl)cn2)cc1. The highest BCUT2D eigenvalue weighted by Crippen LogP contribution is 2.16. The summed E-state index contributed by atoms with van der Waals surface area (Å²) in [6.45, 7) is 4.25. The molecule has 2 aromatic rings. The van der Waals surface area contributed by atoms with E-state index in [1.165, 1.54) is 11.8 Å². The molecule has 0 amide bonds. The molecule has 0 aliphatic rings. The quantitative estimate of drug-likeness (QED) is 0.777. The van der Waals surface area contributed by atoms with Gasteiger partial charge in [-0.05, 0) is 23.6 Å². The molecule has 0 saturated heterocycles. The Morgan fingerprint density at radius 3 is 2.28 bits per heavy atom. The highest BCUT2D eigenvalue weighted by Gasteiger charge is 2.10. The fraction of sp³-hybridized carbons (Fsp3) is 0.200. The molecule has 0 fully saturated rings. The van der Waals surface area contributed by atoms with Crippen LogP contribution in [0.15, 0.2) is 42.6 Å². The largest absolute Gasteiger partial charge is 0.287 e. The van der Waals surface area contributed by atoms with E-state index < -0.39 is 0 Å². The third kappa shape index (κ3) is 2.77. The number of aromatic nitrogens is 1. The second-order valence-corrected chi connectivity index (χ2v) is 4.90. The minimum atomic E-state index is -0.0815. The van der Waals surface area contributed by atoms with Crippen molar-refractivity contribution in [2.75, 3.05) is 0 Å². The van der Waals surface area contributed by atoms with Gasteiger partial charge in [-0.15, -0.1) is 0 Å². The molecular formula is C15H14ClNO. The average molecular weight is 260 g/mol. The van der Waals surface area contributed by atoms with Gasteiger partial charge in [-0.2, -0.15) is 0 Å². The molecule has 0 aliphatic heterocycles. The first-order chi connectivity index (χ1) is 8.58. The number of hydrogen-bond donors (Lipinski definition) is 0. The van der Waals surface area contributed by atoms with Gasteiger partial charge in [-0.25, -0.2) is 0 Å². The molecule has 1 heterocycles. The Bertz CT molecular complexity index is 544. The van der Waals surface area contributed by atoms with Crippen molar-refractivity contribution in [1.82, 2.24) is 4.98 Å². The molecule has 3 heteroatoms. The van der Waals surface area contributed by atoms with E-state index in [9.17, 15) is 4.79 Å². The molecule has 0 bridgehead atoms. The normalized spacial score (nSPS) is 10.7. The second-order valence-electron chi connectivity index (χ2n) is 4.47. The fourth-order valence-electron chi connectivity index (χ4n) is 1.68. The Labute approximate surface area is 112 Å². The summed E-state index contributed by atoms with van der Waals surface area (Å²) >= 11 is 5.74. The monoisotopic (exact) mass is 259 g/mol. The average Bonchev–Trinajstić information content (AvgIpc) is 2.39. The van der Waals surface area contributed by atoms with Crippen LogP contribution in [0.5, 0.6) is 0 Å². The van der Waals surface area contributed by atoms with Crippen LogP contribution in [0.2, 0.25) is 5.02 Å². The number of halogens is 1. The van der Waals surface area contributed by atoms with Crippen LogP contribution in [0, 0.1) is 0 Å². The van der Waals surface area contributed by atoms with Crippen LogP contribution in [-0.2, 0) is 0 Å². The lowest BCUT2D eigenvalue weighted by atomic mass is 9.99. The lowest BCUT2D eigenvalue weighted by molar-refractivity contribution is 0.103. The van der Waals surface area contributed by atoms with E-state index in [-0.39, 0.29) is 5.78 Å². The summed E-state index contributed by atoms with van der Waals surface area (Å²) in [6.07, 6.45) is 1.48. The Morgan fingerprint density at radius 2 is 1.78 bits per heavy atom. The maximum atomic E-state index is 12.1. The van der Waals surface area contributed by atoms with Gasteiger partial charge in [0.1, 0.15) is 5.69 Å². The van der Waals surface area contributed by atoms with Crippen molar-refractivity contribution in [3.8, 4) is 0 Å². The molecule has 0 N–H and O–H groups in total. The molecule has 2 nitrogen and oxygen atoms in total. The summed E-state index contributed by atoms with van der Waals surface area (Å²) in [5, 5.41) is 0.529. The number of carbonyl (C=O) groups is 1. The molecule has 0 radical (unpaired) electrons. The van der Waals surface area contributed by atoms with E-state index in [2.05, 4.69) is 18.8 Å². The first kappa shape index (κ1) is 12.8. The van der Waals surface area contributed by atoms with Gasteiger partial charge < -0.3 is 0 Å². The predicted octanol–water partition coefficient (Wildman–Crippen LogP) is 4.09. The summed E-state index contributed by atoms with van der Waals surface area (Å²) in [5.74, 6) is 0.379. The molecule has 0 aliphatic carbocycles. The number of nitrogens with zero attached hydrogens (tertiary/aromatic N) is 1. The van der Waals surface area contributed by atoms with Crippen LogP contribution < -0.4 is 0 Å². The molecule has 18 heavy (non-hydrogen) atoms. The molecule has 2 rings (SSSR count). The number of carbonyl (C=O) groups excluding carboxylic acids is 1. The minimum Gasteiger partial charge on any atom is -0.287 e. The van der Waals surface area contributed by atoms with Gasteiger partial charge in [-0.3, -0.25) is 9.78 Å². The highest BCUT2D eigenvalue weighted by atomic mass is 35.5. The first-order valence-corrected chi connectivity index (χ1v) is 6.22. The van der Waals surface area contributed by atoms with Gasteiger partial charge in [-0.1, -0.05) is 49.7 Å². The standard InChI is InChI=1S/C15H14ClNO/c1-10(2)11-3-5-12(6-4-11)15(18)14-8-7-13(16)9-17-14/h3-10H,1-2H3. The predicted molar refractivity (Wildman–Crippen MR) is 73.2 cm³/mol. The third-order valence-corrected chi connectivity index (χ3v) is 3.02. The van der Waals surface area contributed by atoms with Crippen LogP contribution in [0.25, 0.3) is 0 Å². The van der Waals surface area contributed by atoms with Crippen LogP contribution >= 0.6 is 11.6 Å². The lowest BCUT2D eigenvalue weighted by Crippen LogP contribution is -2.03. The van der Waals surface area contributed by atoms with E-state index in [1.807, 2.05) is 24.3 Å². The van der Waals surface area contributed by atoms with Crippen molar-refractivity contribution in [1.29, 1.82) is 0 Å². The summed E-state index contributed by atoms with van der Waals surface area (Å²) in [6, 6.07) is 11.0. The maximum Gasteiger partial charge on any atom is 0.211 e. The smallest absolute Gasteiger partial charge is 0.211 e. The van der Waals surface area contributed by atoms with Crippen molar-refractivity contribution in [2.45, 2.75) is 19.8 Å². The van der Waals surface area contributed by atoms with Crippen molar-refractivity contribution >= 4 is 17.4 Å². The molecular weight excluding hydrogens is 246 g/mol. The first-order valence-electron chi connectivity index (χ1n) is 5.84. The summed E-state index contributed by atoms with van der Waals surface area (Å²) in [4.78, 5) is 16.2. The van der Waals surface area contributed by atoms with Crippen molar-refractivity contribution in [3.05, 3.63) is 64.4 Å². The van der Waals surface area contributed by atoms with Crippen LogP contribution in [0.1, 0.15) is 41.4 Å². The Morgan fingerprint density at radius 1 is 1.11 bits per heavy atom. The highest BCUT2D eigenvalue weighted by molar-refractivity contribution is 6.30. The lowest BCUT2D eigenvalue weighted by Gasteiger charge is -2.06. The van der Waals surface area contributed by atoms with Crippen LogP contribution in [0.3, 0.4) is 0 Å². The Hall–Kier alpha value is -1.67. The molecule has 0 spiro atoms. The van der Waals surface area contributed by atoms with Crippen LogP contribution in [0.4, 0.5) is 0 Å². The molecule has 1 aromatic heterocycles. The zero-order chi connectivity index (χ0) is 13.1. The topological polar surface area (TPSA) is 30.0 Å². The van der Waals surface area contributed by atoms with Crippen molar-refractivity contribution in [2.24, 2.45) is 0 Å². The number of benzene rings is 1. The second kappa shape index (κ2) is 5.32. The maximum absolute atomic E-state index is 12.1. The molecule has 92 valence electrons. The summed E-state index contributed by atoms with van der Waals surface area (Å²) < 4.78 is 0. The van der Waals surface area contributed by atoms with E-state index in [0.717, 1.165) is 0 Å². The zero-order valence-electron chi connectivity index (χ0n) is 10.4. The number of hydrogen-bond acceptors (Lipinski definition) is 2. The molecule has 0 atom stereocenters. The van der Waals surface area contributed by atoms with E-state index in [1.54, 1.807) is 12.1 Å². The zero-order valence-corrected chi connectivity index (χ0v) is 11.1. The molecule has 0 unspecified atom stereocenters. The van der Waals surface area contributed by atoms with E-state index in [0.29, 0.717) is 22.2 Å². The van der Waals surface area contributed by atoms with E-state index in [4.69, 9.17) is 11.6 Å². The molecule has 0 saturated carbocycles. The number of pyridine rings is 1. The summed E-state index contributed by atoms with van der Waals surface area (Å²) in [5.41, 5.74) is 2.28. The summed E-state index contributed by atoms with van der Waals surface area (Å²) in [7, 11) is 0. The minimum absolute atomic E-state index is 0.0815. The third-order valence-electron chi connectivity index (χ3n) is 2.80. The number of ketones is 1. The molecule has 1 aromatic carbocycles. The van der Waals surface area contributed by atoms with Gasteiger partial charge in [0.05, 0.1) is 5.02 Å². The van der Waals surface area contributed by atoms with Gasteiger partial charge in [0.25, 0.3) is 0 Å². The Balaban J connectivity index is 2.26.